The number of benzene rings is 1. The molecule has 128 valence electrons. The Balaban J connectivity index is 1.70. The van der Waals surface area contributed by atoms with Crippen LogP contribution >= 0.6 is 11.6 Å². The number of nitrogens with one attached hydrogen (secondary N) is 2. The Morgan fingerprint density at radius 1 is 1.38 bits per heavy atom. The second-order valence-corrected chi connectivity index (χ2v) is 8.05. The maximum Gasteiger partial charge on any atom is 0.309 e. The van der Waals surface area contributed by atoms with E-state index in [4.69, 9.17) is 16.3 Å². The van der Waals surface area contributed by atoms with Gasteiger partial charge in [-0.2, -0.15) is 0 Å². The molecule has 0 saturated heterocycles. The smallest absolute Gasteiger partial charge is 0.309 e. The van der Waals surface area contributed by atoms with E-state index >= 15 is 0 Å². The number of anilines is 1. The third-order valence-corrected chi connectivity index (χ3v) is 6.45. The first-order chi connectivity index (χ1) is 11.4. The van der Waals surface area contributed by atoms with E-state index in [1.54, 1.807) is 12.1 Å². The van der Waals surface area contributed by atoms with E-state index < -0.39 is 5.66 Å². The molecular formula is C18H21ClN2O3. The van der Waals surface area contributed by atoms with E-state index in [-0.39, 0.29) is 29.1 Å². The molecule has 1 aliphatic heterocycles. The molecule has 1 heterocycles. The quantitative estimate of drug-likeness (QED) is 0.765. The highest BCUT2D eigenvalue weighted by Crippen LogP contribution is 2.58. The van der Waals surface area contributed by atoms with Crippen LogP contribution in [0.2, 0.25) is 5.02 Å². The molecule has 3 aliphatic carbocycles. The Bertz CT molecular complexity index is 737. The lowest BCUT2D eigenvalue weighted by atomic mass is 9.51. The van der Waals surface area contributed by atoms with Crippen molar-refractivity contribution >= 4 is 29.2 Å². The van der Waals surface area contributed by atoms with Crippen LogP contribution in [0.4, 0.5) is 5.69 Å². The van der Waals surface area contributed by atoms with Crippen LogP contribution in [0.1, 0.15) is 43.0 Å². The standard InChI is InChI=1S/C18H21ClN2O3/c1-17-6-5-10(7-13(17)16(23)24-2)18(9-17)20-14-4-3-11(19)8-12(14)15(22)21-18/h3-4,8,10,13,20H,5-7,9H2,1-2H3,(H,21,22)/t10-,13+,17-,18+/m0/s1. The highest BCUT2D eigenvalue weighted by atomic mass is 35.5. The predicted molar refractivity (Wildman–Crippen MR) is 90.8 cm³/mol. The third-order valence-electron chi connectivity index (χ3n) is 6.21. The van der Waals surface area contributed by atoms with Gasteiger partial charge in [-0.3, -0.25) is 9.59 Å². The van der Waals surface area contributed by atoms with Gasteiger partial charge in [-0.1, -0.05) is 18.5 Å². The lowest BCUT2D eigenvalue weighted by molar-refractivity contribution is -0.160. The summed E-state index contributed by atoms with van der Waals surface area (Å²) < 4.78 is 5.01. The lowest BCUT2D eigenvalue weighted by Crippen LogP contribution is -2.69. The Morgan fingerprint density at radius 2 is 2.17 bits per heavy atom. The largest absolute Gasteiger partial charge is 0.469 e. The summed E-state index contributed by atoms with van der Waals surface area (Å²) in [6.07, 6.45) is 3.42. The number of methoxy groups -OCH3 is 1. The zero-order valence-electron chi connectivity index (χ0n) is 13.8. The molecule has 24 heavy (non-hydrogen) atoms. The number of carbonyl (C=O) groups is 2. The van der Waals surface area contributed by atoms with Crippen molar-refractivity contribution in [2.45, 2.75) is 38.3 Å². The summed E-state index contributed by atoms with van der Waals surface area (Å²) in [5.41, 5.74) is 0.722. The Hall–Kier alpha value is -1.75. The van der Waals surface area contributed by atoms with Gasteiger partial charge < -0.3 is 15.4 Å². The Labute approximate surface area is 146 Å². The molecule has 5 nitrogen and oxygen atoms in total. The van der Waals surface area contributed by atoms with Crippen LogP contribution in [0, 0.1) is 17.3 Å². The van der Waals surface area contributed by atoms with Gasteiger partial charge in [-0.25, -0.2) is 0 Å². The van der Waals surface area contributed by atoms with Crippen molar-refractivity contribution in [3.05, 3.63) is 28.8 Å². The minimum atomic E-state index is -0.491. The molecule has 4 atom stereocenters. The van der Waals surface area contributed by atoms with Crippen molar-refractivity contribution in [1.82, 2.24) is 5.32 Å². The fraction of sp³-hybridized carbons (Fsp3) is 0.556. The minimum absolute atomic E-state index is 0.0998. The van der Waals surface area contributed by atoms with Crippen molar-refractivity contribution in [3.8, 4) is 0 Å². The number of esters is 1. The van der Waals surface area contributed by atoms with Crippen LogP contribution in [0.15, 0.2) is 18.2 Å². The number of halogens is 1. The SMILES string of the molecule is COC(=O)[C@H]1C[C@@H]2CC[C@@]1(C)C[C@@]21NC(=O)c2cc(Cl)ccc2N1. The third kappa shape index (κ3) is 2.14. The molecule has 1 aromatic rings. The van der Waals surface area contributed by atoms with E-state index in [1.165, 1.54) is 7.11 Å². The number of amides is 1. The van der Waals surface area contributed by atoms with Crippen LogP contribution in [0.5, 0.6) is 0 Å². The highest BCUT2D eigenvalue weighted by molar-refractivity contribution is 6.31. The molecule has 1 spiro atoms. The second-order valence-electron chi connectivity index (χ2n) is 7.62. The molecule has 3 fully saturated rings. The maximum atomic E-state index is 12.7. The van der Waals surface area contributed by atoms with Crippen LogP contribution in [-0.2, 0) is 9.53 Å². The van der Waals surface area contributed by atoms with E-state index in [9.17, 15) is 9.59 Å². The molecule has 2 N–H and O–H groups in total. The van der Waals surface area contributed by atoms with Crippen LogP contribution < -0.4 is 10.6 Å². The van der Waals surface area contributed by atoms with Gasteiger partial charge in [-0.05, 0) is 49.3 Å². The van der Waals surface area contributed by atoms with Crippen LogP contribution in [0.3, 0.4) is 0 Å². The fourth-order valence-corrected chi connectivity index (χ4v) is 5.15. The molecule has 2 bridgehead atoms. The molecule has 0 aromatic heterocycles. The van der Waals surface area contributed by atoms with Crippen molar-refractivity contribution < 1.29 is 14.3 Å². The summed E-state index contributed by atoms with van der Waals surface area (Å²) in [4.78, 5) is 24.9. The first-order valence-corrected chi connectivity index (χ1v) is 8.73. The van der Waals surface area contributed by atoms with Gasteiger partial charge in [0.25, 0.3) is 5.91 Å². The van der Waals surface area contributed by atoms with Gasteiger partial charge in [0, 0.05) is 16.6 Å². The average Bonchev–Trinajstić information content (AvgIpc) is 2.54. The van der Waals surface area contributed by atoms with Gasteiger partial charge in [0.05, 0.1) is 18.6 Å². The lowest BCUT2D eigenvalue weighted by Gasteiger charge is -2.60. The summed E-state index contributed by atoms with van der Waals surface area (Å²) >= 11 is 6.02. The van der Waals surface area contributed by atoms with Gasteiger partial charge >= 0.3 is 5.97 Å². The molecule has 4 aliphatic rings. The number of hydrogen-bond donors (Lipinski definition) is 2. The van der Waals surface area contributed by atoms with Crippen molar-refractivity contribution in [1.29, 1.82) is 0 Å². The van der Waals surface area contributed by atoms with Gasteiger partial charge in [0.2, 0.25) is 0 Å². The fourth-order valence-electron chi connectivity index (χ4n) is 4.98. The molecule has 1 amide bonds. The van der Waals surface area contributed by atoms with Gasteiger partial charge in [0.15, 0.2) is 0 Å². The summed E-state index contributed by atoms with van der Waals surface area (Å²) in [6.45, 7) is 2.14. The topological polar surface area (TPSA) is 67.4 Å². The molecule has 1 aromatic carbocycles. The summed E-state index contributed by atoms with van der Waals surface area (Å²) in [7, 11) is 1.45. The Morgan fingerprint density at radius 3 is 2.88 bits per heavy atom. The first-order valence-electron chi connectivity index (χ1n) is 8.35. The second kappa shape index (κ2) is 5.12. The number of carbonyl (C=O) groups excluding carboxylic acids is 2. The predicted octanol–water partition coefficient (Wildman–Crippen LogP) is 3.19. The van der Waals surface area contributed by atoms with Crippen LogP contribution in [-0.4, -0.2) is 24.6 Å². The minimum Gasteiger partial charge on any atom is -0.469 e. The first kappa shape index (κ1) is 15.8. The zero-order chi connectivity index (χ0) is 17.1. The van der Waals surface area contributed by atoms with Crippen molar-refractivity contribution in [2.24, 2.45) is 17.3 Å². The highest BCUT2D eigenvalue weighted by Gasteiger charge is 2.60. The summed E-state index contributed by atoms with van der Waals surface area (Å²) in [6, 6.07) is 5.34. The van der Waals surface area contributed by atoms with Crippen molar-refractivity contribution in [2.75, 3.05) is 12.4 Å². The number of hydrogen-bond acceptors (Lipinski definition) is 4. The summed E-state index contributed by atoms with van der Waals surface area (Å²) in [5.74, 6) is -0.128. The number of rotatable bonds is 1. The number of ether oxygens (including phenoxy) is 1. The molecule has 6 heteroatoms. The molecule has 3 saturated carbocycles. The normalized spacial score (nSPS) is 36.7. The zero-order valence-corrected chi connectivity index (χ0v) is 14.6. The average molecular weight is 349 g/mol. The van der Waals surface area contributed by atoms with E-state index in [0.717, 1.165) is 31.4 Å². The molecular weight excluding hydrogens is 328 g/mol. The van der Waals surface area contributed by atoms with Gasteiger partial charge in [-0.15, -0.1) is 0 Å². The van der Waals surface area contributed by atoms with Gasteiger partial charge in [0.1, 0.15) is 5.66 Å². The molecule has 0 radical (unpaired) electrons. The van der Waals surface area contributed by atoms with E-state index in [1.807, 2.05) is 6.07 Å². The maximum absolute atomic E-state index is 12.7. The van der Waals surface area contributed by atoms with Crippen molar-refractivity contribution in [3.63, 3.8) is 0 Å². The van der Waals surface area contributed by atoms with Crippen LogP contribution in [0.25, 0.3) is 0 Å². The molecule has 5 rings (SSSR count). The number of fused-ring (bicyclic) bond motifs is 3. The molecule has 0 unspecified atom stereocenters. The monoisotopic (exact) mass is 348 g/mol. The Kier molecular flexibility index (Phi) is 3.36. The van der Waals surface area contributed by atoms with E-state index in [0.29, 0.717) is 10.6 Å². The summed E-state index contributed by atoms with van der Waals surface area (Å²) in [5, 5.41) is 7.30. The van der Waals surface area contributed by atoms with E-state index in [2.05, 4.69) is 17.6 Å².